The fourth-order valence-electron chi connectivity index (χ4n) is 5.44. The van der Waals surface area contributed by atoms with Crippen LogP contribution in [0.2, 0.25) is 10.2 Å². The number of nitrogens with one attached hydrogen (secondary N) is 2. The van der Waals surface area contributed by atoms with E-state index < -0.39 is 0 Å². The Hall–Kier alpha value is -3.28. The van der Waals surface area contributed by atoms with Gasteiger partial charge in [-0.2, -0.15) is 5.10 Å². The van der Waals surface area contributed by atoms with Gasteiger partial charge in [0.2, 0.25) is 5.95 Å². The van der Waals surface area contributed by atoms with Crippen LogP contribution in [0, 0.1) is 6.92 Å². The van der Waals surface area contributed by atoms with Crippen LogP contribution >= 0.6 is 35.1 Å². The molecule has 0 radical (unpaired) electrons. The minimum Gasteiger partial charge on any atom is -0.377 e. The number of pyridine rings is 1. The maximum absolute atomic E-state index is 13.6. The van der Waals surface area contributed by atoms with Gasteiger partial charge in [-0.3, -0.25) is 23.6 Å². The highest BCUT2D eigenvalue weighted by molar-refractivity contribution is 7.97. The first kappa shape index (κ1) is 29.2. The number of hydrogen-bond acceptors (Lipinski definition) is 8. The molecule has 1 amide bonds. The molecule has 0 aliphatic carbocycles. The lowest BCUT2D eigenvalue weighted by Gasteiger charge is -2.33. The van der Waals surface area contributed by atoms with Gasteiger partial charge in [-0.05, 0) is 50.5 Å². The normalized spacial score (nSPS) is 14.9. The van der Waals surface area contributed by atoms with Crippen molar-refractivity contribution in [2.45, 2.75) is 38.6 Å². The fraction of sp³-hybridized carbons (Fsp3) is 0.393. The second kappa shape index (κ2) is 11.9. The third kappa shape index (κ3) is 5.89. The molecule has 41 heavy (non-hydrogen) atoms. The van der Waals surface area contributed by atoms with Crippen molar-refractivity contribution in [1.29, 1.82) is 0 Å². The number of carbonyl (C=O) groups is 1. The number of carbonyl (C=O) groups excluding carboxylic acids is 1. The van der Waals surface area contributed by atoms with Gasteiger partial charge in [0, 0.05) is 51.1 Å². The van der Waals surface area contributed by atoms with Crippen LogP contribution in [0.5, 0.6) is 0 Å². The van der Waals surface area contributed by atoms with E-state index in [-0.39, 0.29) is 34.3 Å². The summed E-state index contributed by atoms with van der Waals surface area (Å²) < 4.78 is 6.07. The van der Waals surface area contributed by atoms with Crippen molar-refractivity contribution in [3.05, 3.63) is 73.5 Å². The number of halogens is 2. The van der Waals surface area contributed by atoms with E-state index in [9.17, 15) is 9.59 Å². The molecule has 3 aromatic heterocycles. The quantitative estimate of drug-likeness (QED) is 0.215. The van der Waals surface area contributed by atoms with Gasteiger partial charge in [-0.25, -0.2) is 9.97 Å². The summed E-state index contributed by atoms with van der Waals surface area (Å²) in [5, 5.41) is 9.42. The SMILES string of the molecule is CSNC(=O)c1nc(Cl)ccc1NC(C)c1cc(C)cc2c(=O)n(C)c(N3CCC(c4nn(C)cc4Cl)CC3)nc12. The summed E-state index contributed by atoms with van der Waals surface area (Å²) >= 11 is 13.7. The topological polar surface area (TPSA) is 110 Å². The van der Waals surface area contributed by atoms with Gasteiger partial charge < -0.3 is 10.2 Å². The number of amides is 1. The summed E-state index contributed by atoms with van der Waals surface area (Å²) in [6, 6.07) is 6.96. The molecule has 1 aromatic carbocycles. The molecule has 1 saturated heterocycles. The first-order valence-electron chi connectivity index (χ1n) is 13.3. The lowest BCUT2D eigenvalue weighted by atomic mass is 9.94. The zero-order chi connectivity index (χ0) is 29.4. The zero-order valence-corrected chi connectivity index (χ0v) is 25.9. The van der Waals surface area contributed by atoms with Crippen molar-refractivity contribution >= 4 is 63.6 Å². The largest absolute Gasteiger partial charge is 0.377 e. The van der Waals surface area contributed by atoms with Crippen molar-refractivity contribution in [2.24, 2.45) is 14.1 Å². The van der Waals surface area contributed by atoms with Crippen LogP contribution in [-0.2, 0) is 14.1 Å². The van der Waals surface area contributed by atoms with Crippen molar-refractivity contribution in [1.82, 2.24) is 29.0 Å². The third-order valence-corrected chi connectivity index (χ3v) is 8.31. The molecular formula is C28H32Cl2N8O2S. The Bertz CT molecular complexity index is 1680. The smallest absolute Gasteiger partial charge is 0.281 e. The summed E-state index contributed by atoms with van der Waals surface area (Å²) in [5.74, 6) is 0.525. The minimum absolute atomic E-state index is 0.106. The Morgan fingerprint density at radius 1 is 1.15 bits per heavy atom. The summed E-state index contributed by atoms with van der Waals surface area (Å²) in [6.07, 6.45) is 5.30. The maximum Gasteiger partial charge on any atom is 0.281 e. The Kier molecular flexibility index (Phi) is 8.49. The number of anilines is 2. The predicted octanol–water partition coefficient (Wildman–Crippen LogP) is 5.24. The van der Waals surface area contributed by atoms with Crippen LogP contribution in [0.1, 0.15) is 59.0 Å². The molecule has 1 unspecified atom stereocenters. The first-order valence-corrected chi connectivity index (χ1v) is 15.3. The number of aromatic nitrogens is 5. The van der Waals surface area contributed by atoms with Crippen LogP contribution < -0.4 is 20.5 Å². The number of nitrogens with zero attached hydrogens (tertiary/aromatic N) is 6. The van der Waals surface area contributed by atoms with Crippen LogP contribution in [0.15, 0.2) is 35.3 Å². The molecule has 4 heterocycles. The average Bonchev–Trinajstić information content (AvgIpc) is 3.29. The van der Waals surface area contributed by atoms with Gasteiger partial charge >= 0.3 is 0 Å². The predicted molar refractivity (Wildman–Crippen MR) is 166 cm³/mol. The van der Waals surface area contributed by atoms with Crippen molar-refractivity contribution in [3.63, 3.8) is 0 Å². The molecule has 5 rings (SSSR count). The molecule has 1 aliphatic heterocycles. The van der Waals surface area contributed by atoms with E-state index in [1.54, 1.807) is 34.7 Å². The van der Waals surface area contributed by atoms with E-state index in [0.717, 1.165) is 42.8 Å². The molecule has 216 valence electrons. The molecule has 1 aliphatic rings. The molecule has 0 spiro atoms. The Labute approximate surface area is 252 Å². The van der Waals surface area contributed by atoms with E-state index in [1.807, 2.05) is 39.2 Å². The molecule has 13 heteroatoms. The van der Waals surface area contributed by atoms with E-state index in [1.165, 1.54) is 11.9 Å². The number of rotatable bonds is 7. The standard InChI is InChI=1S/C28H32Cl2N8O2S/c1-15-12-18(16(2)31-21-6-7-22(30)32-25(21)26(39)35-41-5)24-19(13-15)27(40)37(4)28(33-24)38-10-8-17(9-11-38)23-20(29)14-36(3)34-23/h6-7,12-14,16-17,31H,8-11H2,1-5H3,(H,35,39). The molecule has 0 bridgehead atoms. The maximum atomic E-state index is 13.6. The number of hydrogen-bond donors (Lipinski definition) is 2. The van der Waals surface area contributed by atoms with Gasteiger partial charge in [-0.15, -0.1) is 0 Å². The van der Waals surface area contributed by atoms with Crippen molar-refractivity contribution in [2.75, 3.05) is 29.6 Å². The first-order chi connectivity index (χ1) is 19.6. The summed E-state index contributed by atoms with van der Waals surface area (Å²) in [5.41, 5.74) is 3.95. The Morgan fingerprint density at radius 2 is 1.88 bits per heavy atom. The van der Waals surface area contributed by atoms with Gasteiger partial charge in [-0.1, -0.05) is 41.2 Å². The number of benzene rings is 1. The molecule has 4 aromatic rings. The number of aryl methyl sites for hydroxylation is 2. The zero-order valence-electron chi connectivity index (χ0n) is 23.5. The van der Waals surface area contributed by atoms with Crippen LogP contribution in [-0.4, -0.2) is 49.6 Å². The highest BCUT2D eigenvalue weighted by atomic mass is 35.5. The Balaban J connectivity index is 1.49. The van der Waals surface area contributed by atoms with E-state index in [0.29, 0.717) is 27.6 Å². The summed E-state index contributed by atoms with van der Waals surface area (Å²) in [6.45, 7) is 5.38. The summed E-state index contributed by atoms with van der Waals surface area (Å²) in [4.78, 5) is 37.8. The van der Waals surface area contributed by atoms with Crippen LogP contribution in [0.25, 0.3) is 10.9 Å². The van der Waals surface area contributed by atoms with E-state index >= 15 is 0 Å². The molecule has 10 nitrogen and oxygen atoms in total. The average molecular weight is 616 g/mol. The molecule has 1 fully saturated rings. The molecule has 0 saturated carbocycles. The van der Waals surface area contributed by atoms with Crippen molar-refractivity contribution < 1.29 is 4.79 Å². The number of fused-ring (bicyclic) bond motifs is 1. The highest BCUT2D eigenvalue weighted by Crippen LogP contribution is 2.34. The molecular weight excluding hydrogens is 583 g/mol. The van der Waals surface area contributed by atoms with Gasteiger partial charge in [0.05, 0.1) is 33.3 Å². The van der Waals surface area contributed by atoms with Crippen LogP contribution in [0.3, 0.4) is 0 Å². The Morgan fingerprint density at radius 3 is 2.54 bits per heavy atom. The summed E-state index contributed by atoms with van der Waals surface area (Å²) in [7, 11) is 3.64. The fourth-order valence-corrected chi connectivity index (χ4v) is 6.20. The molecule has 1 atom stereocenters. The second-order valence-electron chi connectivity index (χ2n) is 10.4. The third-order valence-electron chi connectivity index (χ3n) is 7.42. The van der Waals surface area contributed by atoms with Gasteiger partial charge in [0.1, 0.15) is 5.15 Å². The second-order valence-corrected chi connectivity index (χ2v) is 11.8. The highest BCUT2D eigenvalue weighted by Gasteiger charge is 2.28. The monoisotopic (exact) mass is 614 g/mol. The van der Waals surface area contributed by atoms with Gasteiger partial charge in [0.15, 0.2) is 5.69 Å². The molecule has 2 N–H and O–H groups in total. The van der Waals surface area contributed by atoms with Crippen LogP contribution in [0.4, 0.5) is 11.6 Å². The lowest BCUT2D eigenvalue weighted by Crippen LogP contribution is -2.38. The number of piperidine rings is 1. The van der Waals surface area contributed by atoms with E-state index in [4.69, 9.17) is 28.2 Å². The minimum atomic E-state index is -0.353. The van der Waals surface area contributed by atoms with Crippen molar-refractivity contribution in [3.8, 4) is 0 Å². The van der Waals surface area contributed by atoms with E-state index in [2.05, 4.69) is 25.0 Å². The van der Waals surface area contributed by atoms with Gasteiger partial charge in [0.25, 0.3) is 11.5 Å². The lowest BCUT2D eigenvalue weighted by molar-refractivity contribution is 0.0980.